The van der Waals surface area contributed by atoms with Gasteiger partial charge in [-0.1, -0.05) is 18.9 Å². The molecule has 0 bridgehead atoms. The molecule has 0 spiro atoms. The van der Waals surface area contributed by atoms with Crippen molar-refractivity contribution in [2.75, 3.05) is 13.1 Å². The molecule has 1 aliphatic carbocycles. The minimum absolute atomic E-state index is 0.134. The quantitative estimate of drug-likeness (QED) is 0.787. The fraction of sp³-hybridized carbons (Fsp3) is 0.571. The molecule has 4 amide bonds. The molecule has 0 aromatic heterocycles. The first-order valence-electron chi connectivity index (χ1n) is 10.2. The number of imide groups is 1. The van der Waals surface area contributed by atoms with Crippen LogP contribution in [-0.2, 0) is 15.1 Å². The largest absolute Gasteiger partial charge is 0.338 e. The van der Waals surface area contributed by atoms with Gasteiger partial charge < -0.3 is 10.2 Å². The summed E-state index contributed by atoms with van der Waals surface area (Å²) < 4.78 is 26.9. The van der Waals surface area contributed by atoms with E-state index in [0.29, 0.717) is 12.5 Å². The van der Waals surface area contributed by atoms with Crippen LogP contribution in [-0.4, -0.2) is 46.8 Å². The second-order valence-electron chi connectivity index (χ2n) is 8.42. The zero-order valence-electron chi connectivity index (χ0n) is 16.4. The molecule has 2 aliphatic heterocycles. The molecule has 6 nitrogen and oxygen atoms in total. The summed E-state index contributed by atoms with van der Waals surface area (Å²) in [4.78, 5) is 41.2. The van der Waals surface area contributed by atoms with Crippen LogP contribution in [0.5, 0.6) is 0 Å². The van der Waals surface area contributed by atoms with Crippen LogP contribution in [0.4, 0.5) is 13.6 Å². The first kappa shape index (κ1) is 19.8. The Morgan fingerprint density at radius 1 is 1.14 bits per heavy atom. The molecule has 8 heteroatoms. The van der Waals surface area contributed by atoms with E-state index in [2.05, 4.69) is 5.32 Å². The van der Waals surface area contributed by atoms with Crippen molar-refractivity contribution < 1.29 is 23.2 Å². The van der Waals surface area contributed by atoms with Crippen LogP contribution in [0.15, 0.2) is 18.2 Å². The first-order chi connectivity index (χ1) is 13.8. The number of hydrogen-bond donors (Lipinski definition) is 1. The molecule has 2 saturated heterocycles. The van der Waals surface area contributed by atoms with E-state index in [-0.39, 0.29) is 24.1 Å². The number of benzene rings is 1. The van der Waals surface area contributed by atoms with E-state index in [0.717, 1.165) is 49.1 Å². The van der Waals surface area contributed by atoms with Gasteiger partial charge in [-0.05, 0) is 56.2 Å². The van der Waals surface area contributed by atoms with Crippen LogP contribution in [0.1, 0.15) is 51.0 Å². The van der Waals surface area contributed by atoms with Crippen LogP contribution < -0.4 is 5.32 Å². The normalized spacial score (nSPS) is 29.6. The molecule has 29 heavy (non-hydrogen) atoms. The molecule has 1 N–H and O–H groups in total. The van der Waals surface area contributed by atoms with Crippen LogP contribution >= 0.6 is 0 Å². The number of nitrogens with zero attached hydrogens (tertiary/aromatic N) is 2. The van der Waals surface area contributed by atoms with Crippen molar-refractivity contribution in [3.05, 3.63) is 35.4 Å². The highest BCUT2D eigenvalue weighted by Gasteiger charge is 2.50. The van der Waals surface area contributed by atoms with Gasteiger partial charge in [0.05, 0.1) is 0 Å². The lowest BCUT2D eigenvalue weighted by atomic mass is 9.78. The van der Waals surface area contributed by atoms with E-state index in [1.54, 1.807) is 0 Å². The topological polar surface area (TPSA) is 69.7 Å². The van der Waals surface area contributed by atoms with Crippen molar-refractivity contribution in [1.82, 2.24) is 15.1 Å². The molecule has 3 unspecified atom stereocenters. The fourth-order valence-electron chi connectivity index (χ4n) is 5.00. The van der Waals surface area contributed by atoms with E-state index >= 15 is 0 Å². The van der Waals surface area contributed by atoms with Gasteiger partial charge in [0.1, 0.15) is 12.1 Å². The first-order valence-corrected chi connectivity index (χ1v) is 10.2. The second-order valence-corrected chi connectivity index (χ2v) is 8.42. The monoisotopic (exact) mass is 405 g/mol. The van der Waals surface area contributed by atoms with Crippen LogP contribution in [0, 0.1) is 17.6 Å². The Morgan fingerprint density at radius 2 is 1.86 bits per heavy atom. The molecule has 1 aromatic carbocycles. The molecule has 3 fully saturated rings. The lowest BCUT2D eigenvalue weighted by Crippen LogP contribution is -2.53. The predicted octanol–water partition coefficient (Wildman–Crippen LogP) is 2.91. The molecule has 4 rings (SSSR count). The smallest absolute Gasteiger partial charge is 0.325 e. The zero-order chi connectivity index (χ0) is 20.8. The van der Waals surface area contributed by atoms with E-state index in [1.165, 1.54) is 19.4 Å². The van der Waals surface area contributed by atoms with Crippen molar-refractivity contribution in [3.63, 3.8) is 0 Å². The molecule has 1 saturated carbocycles. The molecule has 3 atom stereocenters. The van der Waals surface area contributed by atoms with Crippen molar-refractivity contribution in [1.29, 1.82) is 0 Å². The van der Waals surface area contributed by atoms with Gasteiger partial charge in [0.2, 0.25) is 5.91 Å². The van der Waals surface area contributed by atoms with Crippen LogP contribution in [0.25, 0.3) is 0 Å². The van der Waals surface area contributed by atoms with Gasteiger partial charge >= 0.3 is 6.03 Å². The van der Waals surface area contributed by atoms with E-state index < -0.39 is 29.1 Å². The highest BCUT2D eigenvalue weighted by Crippen LogP contribution is 2.36. The third-order valence-electron chi connectivity index (χ3n) is 6.63. The Balaban J connectivity index is 1.51. The van der Waals surface area contributed by atoms with E-state index in [1.807, 2.05) is 4.90 Å². The minimum Gasteiger partial charge on any atom is -0.338 e. The Labute approximate surface area is 168 Å². The SMILES string of the molecule is CC1(c2ccc(F)c(F)c2)NC(=O)N(CC(=O)N2CCCC3CCCCC32)C1=O. The summed E-state index contributed by atoms with van der Waals surface area (Å²) in [5.74, 6) is -2.51. The Morgan fingerprint density at radius 3 is 2.62 bits per heavy atom. The number of halogens is 2. The van der Waals surface area contributed by atoms with Crippen LogP contribution in [0.3, 0.4) is 0 Å². The Bertz CT molecular complexity index is 860. The lowest BCUT2D eigenvalue weighted by Gasteiger charge is -2.44. The maximum absolute atomic E-state index is 13.7. The van der Waals surface area contributed by atoms with Crippen molar-refractivity contribution in [3.8, 4) is 0 Å². The maximum Gasteiger partial charge on any atom is 0.325 e. The molecule has 0 radical (unpaired) electrons. The number of amides is 4. The molecular formula is C21H25F2N3O3. The second kappa shape index (κ2) is 7.39. The number of urea groups is 1. The summed E-state index contributed by atoms with van der Waals surface area (Å²) in [5.41, 5.74) is -1.41. The number of piperidine rings is 1. The molecule has 156 valence electrons. The average Bonchev–Trinajstić information content (AvgIpc) is 2.93. The Kier molecular flexibility index (Phi) is 5.04. The van der Waals surface area contributed by atoms with E-state index in [9.17, 15) is 23.2 Å². The summed E-state index contributed by atoms with van der Waals surface area (Å²) in [6.45, 7) is 1.74. The fourth-order valence-corrected chi connectivity index (χ4v) is 5.00. The number of rotatable bonds is 3. The number of hydrogen-bond acceptors (Lipinski definition) is 3. The highest BCUT2D eigenvalue weighted by atomic mass is 19.2. The minimum atomic E-state index is -1.54. The number of nitrogens with one attached hydrogen (secondary N) is 1. The average molecular weight is 405 g/mol. The summed E-state index contributed by atoms with van der Waals surface area (Å²) in [6.07, 6.45) is 6.39. The highest BCUT2D eigenvalue weighted by molar-refractivity contribution is 6.09. The third kappa shape index (κ3) is 3.38. The van der Waals surface area contributed by atoms with Gasteiger partial charge in [-0.25, -0.2) is 13.6 Å². The van der Waals surface area contributed by atoms with Crippen LogP contribution in [0.2, 0.25) is 0 Å². The molecular weight excluding hydrogens is 380 g/mol. The molecule has 3 aliphatic rings. The number of carbonyl (C=O) groups is 3. The maximum atomic E-state index is 13.7. The van der Waals surface area contributed by atoms with E-state index in [4.69, 9.17) is 0 Å². The third-order valence-corrected chi connectivity index (χ3v) is 6.63. The lowest BCUT2D eigenvalue weighted by molar-refractivity contribution is -0.142. The standard InChI is InChI=1S/C21H25F2N3O3/c1-21(14-8-9-15(22)16(23)11-14)19(28)26(20(29)24-21)12-18(27)25-10-4-6-13-5-2-3-7-17(13)25/h8-9,11,13,17H,2-7,10,12H2,1H3,(H,24,29). The molecule has 1 aromatic rings. The van der Waals surface area contributed by atoms with Gasteiger partial charge in [0.15, 0.2) is 11.6 Å². The number of likely N-dealkylation sites (tertiary alicyclic amines) is 1. The van der Waals surface area contributed by atoms with Crippen molar-refractivity contribution in [2.45, 2.75) is 57.0 Å². The summed E-state index contributed by atoms with van der Waals surface area (Å²) in [6, 6.07) is 2.56. The summed E-state index contributed by atoms with van der Waals surface area (Å²) in [5, 5.41) is 2.54. The van der Waals surface area contributed by atoms with Gasteiger partial charge in [0.25, 0.3) is 5.91 Å². The summed E-state index contributed by atoms with van der Waals surface area (Å²) in [7, 11) is 0. The zero-order valence-corrected chi connectivity index (χ0v) is 16.4. The van der Waals surface area contributed by atoms with Crippen molar-refractivity contribution >= 4 is 17.8 Å². The summed E-state index contributed by atoms with van der Waals surface area (Å²) >= 11 is 0. The van der Waals surface area contributed by atoms with Gasteiger partial charge in [-0.15, -0.1) is 0 Å². The molecule has 2 heterocycles. The van der Waals surface area contributed by atoms with Gasteiger partial charge in [-0.2, -0.15) is 0 Å². The van der Waals surface area contributed by atoms with Gasteiger partial charge in [-0.3, -0.25) is 14.5 Å². The Hall–Kier alpha value is -2.51. The van der Waals surface area contributed by atoms with Crippen molar-refractivity contribution in [2.24, 2.45) is 5.92 Å². The number of fused-ring (bicyclic) bond motifs is 1. The van der Waals surface area contributed by atoms with Gasteiger partial charge in [0, 0.05) is 12.6 Å². The number of carbonyl (C=O) groups excluding carboxylic acids is 3. The predicted molar refractivity (Wildman–Crippen MR) is 101 cm³/mol.